The normalized spacial score (nSPS) is 16.6. The highest BCUT2D eigenvalue weighted by molar-refractivity contribution is 14.1. The van der Waals surface area contributed by atoms with E-state index in [-0.39, 0.29) is 6.04 Å². The zero-order chi connectivity index (χ0) is 8.69. The van der Waals surface area contributed by atoms with E-state index in [2.05, 4.69) is 39.8 Å². The average Bonchev–Trinajstić information content (AvgIpc) is 2.00. The van der Waals surface area contributed by atoms with Gasteiger partial charge in [0.15, 0.2) is 0 Å². The van der Waals surface area contributed by atoms with Crippen LogP contribution in [-0.4, -0.2) is 29.1 Å². The molecule has 0 fully saturated rings. The van der Waals surface area contributed by atoms with Crippen molar-refractivity contribution in [2.24, 2.45) is 4.99 Å². The topological polar surface area (TPSA) is 48.2 Å². The van der Waals surface area contributed by atoms with Gasteiger partial charge in [0.05, 0.1) is 10.1 Å². The third kappa shape index (κ3) is 5.32. The number of alkyl halides is 1. The lowest BCUT2D eigenvalue weighted by Gasteiger charge is -2.14. The third-order valence-corrected chi connectivity index (χ3v) is 2.70. The summed E-state index contributed by atoms with van der Waals surface area (Å²) in [6, 6.07) is 0.233. The van der Waals surface area contributed by atoms with Crippen molar-refractivity contribution in [1.82, 2.24) is 5.32 Å². The Bertz CT molecular complexity index is 136. The number of rotatable bonds is 5. The number of hydrogen-bond acceptors (Lipinski definition) is 3. The van der Waals surface area contributed by atoms with E-state index in [4.69, 9.17) is 5.41 Å². The molecule has 4 heteroatoms. The van der Waals surface area contributed by atoms with Crippen molar-refractivity contribution in [2.45, 2.75) is 23.9 Å². The van der Waals surface area contributed by atoms with Gasteiger partial charge in [0, 0.05) is 12.4 Å². The van der Waals surface area contributed by atoms with E-state index in [0.29, 0.717) is 4.05 Å². The number of likely N-dealkylation sites (N-methyl/N-ethyl adjacent to an activating group) is 1. The van der Waals surface area contributed by atoms with Gasteiger partial charge in [0.1, 0.15) is 0 Å². The molecule has 0 saturated carbocycles. The molecule has 0 aliphatic rings. The van der Waals surface area contributed by atoms with E-state index in [1.165, 1.54) is 12.4 Å². The molecule has 0 aliphatic heterocycles. The minimum Gasteiger partial charge on any atom is -0.307 e. The molecule has 2 N–H and O–H groups in total. The molecule has 0 aromatic rings. The minimum atomic E-state index is 0.233. The summed E-state index contributed by atoms with van der Waals surface area (Å²) in [5, 5.41) is 9.99. The molecule has 0 amide bonds. The van der Waals surface area contributed by atoms with Crippen LogP contribution < -0.4 is 5.32 Å². The summed E-state index contributed by atoms with van der Waals surface area (Å²) in [4.78, 5) is 4.12. The summed E-state index contributed by atoms with van der Waals surface area (Å²) < 4.78 is 0.355. The van der Waals surface area contributed by atoms with Crippen LogP contribution in [0, 0.1) is 5.41 Å². The van der Waals surface area contributed by atoms with Crippen molar-refractivity contribution in [1.29, 1.82) is 5.41 Å². The Balaban J connectivity index is 3.71. The van der Waals surface area contributed by atoms with Gasteiger partial charge in [0.2, 0.25) is 0 Å². The maximum absolute atomic E-state index is 6.74. The molecule has 2 atom stereocenters. The van der Waals surface area contributed by atoms with Crippen molar-refractivity contribution in [3.8, 4) is 0 Å². The highest BCUT2D eigenvalue weighted by atomic mass is 127. The van der Waals surface area contributed by atoms with Gasteiger partial charge in [-0.3, -0.25) is 4.99 Å². The predicted octanol–water partition coefficient (Wildman–Crippen LogP) is 1.47. The van der Waals surface area contributed by atoms with Gasteiger partial charge in [-0.05, 0) is 13.5 Å². The SMILES string of the molecule is CCNC(I)[C@@H](C)/N=C\C=N. The van der Waals surface area contributed by atoms with Gasteiger partial charge in [-0.2, -0.15) is 0 Å². The molecule has 0 aliphatic carbocycles. The van der Waals surface area contributed by atoms with E-state index in [0.717, 1.165) is 6.54 Å². The lowest BCUT2D eigenvalue weighted by Crippen LogP contribution is -2.31. The Morgan fingerprint density at radius 2 is 2.36 bits per heavy atom. The predicted molar refractivity (Wildman–Crippen MR) is 58.2 cm³/mol. The summed E-state index contributed by atoms with van der Waals surface area (Å²) >= 11 is 2.31. The largest absolute Gasteiger partial charge is 0.307 e. The zero-order valence-electron chi connectivity index (χ0n) is 6.84. The van der Waals surface area contributed by atoms with Crippen molar-refractivity contribution in [3.05, 3.63) is 0 Å². The molecular formula is C7H14IN3. The van der Waals surface area contributed by atoms with E-state index in [1.807, 2.05) is 6.92 Å². The average molecular weight is 267 g/mol. The first-order valence-electron chi connectivity index (χ1n) is 3.62. The quantitative estimate of drug-likeness (QED) is 0.337. The maximum atomic E-state index is 6.74. The standard InChI is InChI=1S/C7H14IN3/c1-3-10-7(8)6(2)11-5-4-9/h4-7,9-10H,3H2,1-2H3/b9-4?,11-5-/t6-,7?/m1/s1. The summed E-state index contributed by atoms with van der Waals surface area (Å²) in [6.45, 7) is 5.05. The van der Waals surface area contributed by atoms with Crippen molar-refractivity contribution in [2.75, 3.05) is 6.54 Å². The number of halogens is 1. The highest BCUT2D eigenvalue weighted by Crippen LogP contribution is 2.05. The monoisotopic (exact) mass is 267 g/mol. The molecule has 0 bridgehead atoms. The Kier molecular flexibility index (Phi) is 6.74. The van der Waals surface area contributed by atoms with E-state index in [1.54, 1.807) is 0 Å². The van der Waals surface area contributed by atoms with Gasteiger partial charge < -0.3 is 10.7 Å². The lowest BCUT2D eigenvalue weighted by molar-refractivity contribution is 0.609. The molecule has 0 aromatic carbocycles. The first-order chi connectivity index (χ1) is 5.22. The second-order valence-electron chi connectivity index (χ2n) is 2.16. The van der Waals surface area contributed by atoms with Crippen LogP contribution in [0.2, 0.25) is 0 Å². The highest BCUT2D eigenvalue weighted by Gasteiger charge is 2.08. The van der Waals surface area contributed by atoms with Crippen molar-refractivity contribution >= 4 is 35.0 Å². The molecule has 0 heterocycles. The van der Waals surface area contributed by atoms with Gasteiger partial charge in [-0.1, -0.05) is 29.5 Å². The van der Waals surface area contributed by atoms with Crippen LogP contribution in [0.1, 0.15) is 13.8 Å². The van der Waals surface area contributed by atoms with Crippen LogP contribution in [-0.2, 0) is 0 Å². The second kappa shape index (κ2) is 6.72. The van der Waals surface area contributed by atoms with E-state index < -0.39 is 0 Å². The fourth-order valence-corrected chi connectivity index (χ4v) is 1.25. The van der Waals surface area contributed by atoms with Crippen LogP contribution in [0.25, 0.3) is 0 Å². The number of aliphatic imine (C=N–C) groups is 1. The smallest absolute Gasteiger partial charge is 0.0817 e. The molecule has 0 aromatic heterocycles. The fourth-order valence-electron chi connectivity index (χ4n) is 0.620. The van der Waals surface area contributed by atoms with Crippen LogP contribution >= 0.6 is 22.6 Å². The molecule has 64 valence electrons. The first kappa shape index (κ1) is 11.0. The maximum Gasteiger partial charge on any atom is 0.0817 e. The number of hydrogen-bond donors (Lipinski definition) is 2. The summed E-state index contributed by atoms with van der Waals surface area (Å²) in [6.07, 6.45) is 2.72. The van der Waals surface area contributed by atoms with Crippen molar-refractivity contribution < 1.29 is 0 Å². The number of nitrogens with one attached hydrogen (secondary N) is 2. The molecule has 0 radical (unpaired) electrons. The van der Waals surface area contributed by atoms with Crippen LogP contribution in [0.4, 0.5) is 0 Å². The molecular weight excluding hydrogens is 253 g/mol. The Hall–Kier alpha value is 0.0300. The van der Waals surface area contributed by atoms with Gasteiger partial charge >= 0.3 is 0 Å². The fraction of sp³-hybridized carbons (Fsp3) is 0.714. The van der Waals surface area contributed by atoms with Crippen LogP contribution in [0.5, 0.6) is 0 Å². The summed E-state index contributed by atoms with van der Waals surface area (Å²) in [7, 11) is 0. The minimum absolute atomic E-state index is 0.233. The van der Waals surface area contributed by atoms with Crippen molar-refractivity contribution in [3.63, 3.8) is 0 Å². The zero-order valence-corrected chi connectivity index (χ0v) is 9.00. The van der Waals surface area contributed by atoms with Gasteiger partial charge in [-0.25, -0.2) is 0 Å². The molecule has 3 nitrogen and oxygen atoms in total. The lowest BCUT2D eigenvalue weighted by atomic mass is 10.3. The Morgan fingerprint density at radius 1 is 1.73 bits per heavy atom. The van der Waals surface area contributed by atoms with Gasteiger partial charge in [0.25, 0.3) is 0 Å². The molecule has 1 unspecified atom stereocenters. The molecule has 0 spiro atoms. The first-order valence-corrected chi connectivity index (χ1v) is 4.86. The summed E-state index contributed by atoms with van der Waals surface area (Å²) in [5.74, 6) is 0. The van der Waals surface area contributed by atoms with Crippen LogP contribution in [0.3, 0.4) is 0 Å². The van der Waals surface area contributed by atoms with E-state index in [9.17, 15) is 0 Å². The number of nitrogens with zero attached hydrogens (tertiary/aromatic N) is 1. The molecule has 0 saturated heterocycles. The molecule has 0 rings (SSSR count). The second-order valence-corrected chi connectivity index (χ2v) is 3.51. The van der Waals surface area contributed by atoms with Gasteiger partial charge in [-0.15, -0.1) is 0 Å². The van der Waals surface area contributed by atoms with E-state index >= 15 is 0 Å². The molecule has 11 heavy (non-hydrogen) atoms. The Labute approximate surface area is 81.3 Å². The van der Waals surface area contributed by atoms with Crippen LogP contribution in [0.15, 0.2) is 4.99 Å². The Morgan fingerprint density at radius 3 is 2.82 bits per heavy atom. The summed E-state index contributed by atoms with van der Waals surface area (Å²) in [5.41, 5.74) is 0. The third-order valence-electron chi connectivity index (χ3n) is 1.22.